The van der Waals surface area contributed by atoms with Gasteiger partial charge in [-0.1, -0.05) is 52.3 Å². The number of hydrogen-bond acceptors (Lipinski definition) is 7. The highest BCUT2D eigenvalue weighted by Gasteiger charge is 2.22. The van der Waals surface area contributed by atoms with E-state index in [1.165, 1.54) is 7.11 Å². The van der Waals surface area contributed by atoms with Crippen molar-refractivity contribution in [2.75, 3.05) is 18.2 Å². The summed E-state index contributed by atoms with van der Waals surface area (Å²) in [6, 6.07) is 5.40. The molecule has 4 N–H and O–H groups in total. The van der Waals surface area contributed by atoms with Crippen molar-refractivity contribution >= 4 is 40.5 Å². The summed E-state index contributed by atoms with van der Waals surface area (Å²) in [5.74, 6) is 0.872. The first-order chi connectivity index (χ1) is 20.5. The maximum atomic E-state index is 12.4. The van der Waals surface area contributed by atoms with E-state index in [0.717, 1.165) is 41.3 Å². The molecule has 1 atom stereocenters. The van der Waals surface area contributed by atoms with Crippen molar-refractivity contribution in [2.45, 2.75) is 106 Å². The maximum Gasteiger partial charge on any atom is 0.412 e. The molecule has 0 spiro atoms. The molecule has 2 heterocycles. The average molecular weight is 595 g/mol. The Morgan fingerprint density at radius 3 is 2.51 bits per heavy atom. The second kappa shape index (κ2) is 16.5. The monoisotopic (exact) mass is 594 g/mol. The fraction of sp³-hybridized carbons (Fsp3) is 0.515. The second-order valence-electron chi connectivity index (χ2n) is 11.1. The van der Waals surface area contributed by atoms with Crippen LogP contribution in [0.4, 0.5) is 16.3 Å². The number of unbranched alkanes of at least 4 members (excludes halogenated alkanes) is 1. The van der Waals surface area contributed by atoms with Gasteiger partial charge in [-0.2, -0.15) is 5.10 Å². The molecule has 0 bridgehead atoms. The van der Waals surface area contributed by atoms with Crippen LogP contribution in [0.2, 0.25) is 0 Å². The molecule has 236 valence electrons. The maximum absolute atomic E-state index is 12.4. The van der Waals surface area contributed by atoms with E-state index < -0.39 is 11.7 Å². The number of amides is 2. The molecular weight excluding hydrogens is 544 g/mol. The highest BCUT2D eigenvalue weighted by molar-refractivity contribution is 6.04. The van der Waals surface area contributed by atoms with Crippen molar-refractivity contribution in [3.8, 4) is 17.0 Å². The molecule has 43 heavy (non-hydrogen) atoms. The number of nitrogens with zero attached hydrogens (tertiary/aromatic N) is 3. The largest absolute Gasteiger partial charge is 0.495 e. The van der Waals surface area contributed by atoms with Gasteiger partial charge in [-0.25, -0.2) is 9.78 Å². The number of nitrogens with one attached hydrogen (secondary N) is 2. The second-order valence-corrected chi connectivity index (χ2v) is 11.1. The average Bonchev–Trinajstić information content (AvgIpc) is 3.34. The van der Waals surface area contributed by atoms with E-state index in [1.54, 1.807) is 33.0 Å². The molecule has 10 nitrogen and oxygen atoms in total. The summed E-state index contributed by atoms with van der Waals surface area (Å²) in [7, 11) is 1.54. The normalized spacial score (nSPS) is 12.0. The van der Waals surface area contributed by atoms with E-state index >= 15 is 0 Å². The van der Waals surface area contributed by atoms with Crippen LogP contribution < -0.4 is 21.1 Å². The lowest BCUT2D eigenvalue weighted by atomic mass is 10.0. The lowest BCUT2D eigenvalue weighted by Crippen LogP contribution is -2.33. The van der Waals surface area contributed by atoms with Gasteiger partial charge >= 0.3 is 6.09 Å². The summed E-state index contributed by atoms with van der Waals surface area (Å²) >= 11 is 0. The van der Waals surface area contributed by atoms with E-state index in [-0.39, 0.29) is 11.9 Å². The minimum absolute atomic E-state index is 0.0201. The number of fused-ring (bicyclic) bond motifs is 1. The Morgan fingerprint density at radius 1 is 1.16 bits per heavy atom. The summed E-state index contributed by atoms with van der Waals surface area (Å²) in [6.45, 7) is 16.1. The molecule has 1 aromatic carbocycles. The molecule has 0 saturated carbocycles. The number of benzene rings is 1. The third-order valence-corrected chi connectivity index (χ3v) is 6.35. The van der Waals surface area contributed by atoms with Crippen LogP contribution in [0.25, 0.3) is 28.2 Å². The van der Waals surface area contributed by atoms with Crippen LogP contribution in [-0.4, -0.2) is 45.5 Å². The third-order valence-electron chi connectivity index (χ3n) is 6.35. The zero-order valence-electron chi connectivity index (χ0n) is 27.3. The summed E-state index contributed by atoms with van der Waals surface area (Å²) in [5.41, 5.74) is 9.51. The van der Waals surface area contributed by atoms with Crippen LogP contribution in [0, 0.1) is 0 Å². The molecular formula is C33H50N6O4. The lowest BCUT2D eigenvalue weighted by molar-refractivity contribution is -0.121. The van der Waals surface area contributed by atoms with Gasteiger partial charge in [0.25, 0.3) is 0 Å². The molecule has 0 fully saturated rings. The lowest BCUT2D eigenvalue weighted by Gasteiger charge is -2.20. The van der Waals surface area contributed by atoms with Gasteiger partial charge in [0.1, 0.15) is 22.9 Å². The Kier molecular flexibility index (Phi) is 13.5. The number of hydrogen-bond donors (Lipinski definition) is 3. The Balaban J connectivity index is 0.00000316. The molecule has 0 aliphatic heterocycles. The van der Waals surface area contributed by atoms with Gasteiger partial charge in [0, 0.05) is 36.3 Å². The van der Waals surface area contributed by atoms with Crippen molar-refractivity contribution in [1.82, 2.24) is 20.1 Å². The van der Waals surface area contributed by atoms with Crippen molar-refractivity contribution in [2.24, 2.45) is 0 Å². The first kappa shape index (κ1) is 35.1. The van der Waals surface area contributed by atoms with Gasteiger partial charge in [-0.3, -0.25) is 14.8 Å². The van der Waals surface area contributed by atoms with Crippen molar-refractivity contribution in [3.63, 3.8) is 0 Å². The zero-order chi connectivity index (χ0) is 32.2. The van der Waals surface area contributed by atoms with Crippen LogP contribution >= 0.6 is 0 Å². The standard InChI is InChI=1S/C31H44N6O4.C2H6/c1-8-10-11-13-22-19-33-29(32)26-27(36-37(28(22)26)17-16-20(3)34-25(38)12-9-2)21-14-15-23(24(18-21)40-7)35-30(39)41-31(4,5)6;1-2/h11,13-15,18-20H,8-10,12,16-17H2,1-7H3,(H2,32,33)(H,34,38)(H,35,39);1-2H3/b13-11+;. The smallest absolute Gasteiger partial charge is 0.412 e. The number of methoxy groups -OCH3 is 1. The van der Waals surface area contributed by atoms with Crippen LogP contribution in [0.1, 0.15) is 93.1 Å². The van der Waals surface area contributed by atoms with Gasteiger partial charge in [0.05, 0.1) is 23.7 Å². The number of allylic oxidation sites excluding steroid dienone is 1. The predicted molar refractivity (Wildman–Crippen MR) is 176 cm³/mol. The van der Waals surface area contributed by atoms with Crippen LogP contribution in [0.15, 0.2) is 30.5 Å². The first-order valence-electron chi connectivity index (χ1n) is 15.3. The minimum Gasteiger partial charge on any atom is -0.495 e. The summed E-state index contributed by atoms with van der Waals surface area (Å²) in [5, 5.41) is 11.5. The van der Waals surface area contributed by atoms with Crippen molar-refractivity contribution in [3.05, 3.63) is 36.0 Å². The highest BCUT2D eigenvalue weighted by Crippen LogP contribution is 2.37. The Hall–Kier alpha value is -4.08. The Bertz CT molecular complexity index is 1390. The molecule has 10 heteroatoms. The number of carbonyl (C=O) groups excluding carboxylic acids is 2. The first-order valence-corrected chi connectivity index (χ1v) is 15.3. The molecule has 0 radical (unpaired) electrons. The quantitative estimate of drug-likeness (QED) is 0.197. The van der Waals surface area contributed by atoms with Gasteiger partial charge < -0.3 is 20.5 Å². The molecule has 0 aliphatic carbocycles. The van der Waals surface area contributed by atoms with Gasteiger partial charge in [-0.15, -0.1) is 0 Å². The van der Waals surface area contributed by atoms with E-state index in [9.17, 15) is 9.59 Å². The van der Waals surface area contributed by atoms with E-state index in [0.29, 0.717) is 42.3 Å². The predicted octanol–water partition coefficient (Wildman–Crippen LogP) is 7.57. The van der Waals surface area contributed by atoms with Gasteiger partial charge in [0.15, 0.2) is 0 Å². The van der Waals surface area contributed by atoms with Crippen LogP contribution in [0.3, 0.4) is 0 Å². The molecule has 1 unspecified atom stereocenters. The Labute approximate surface area is 256 Å². The number of nitrogen functional groups attached to an aromatic ring is 1. The van der Waals surface area contributed by atoms with Crippen LogP contribution in [-0.2, 0) is 16.1 Å². The zero-order valence-corrected chi connectivity index (χ0v) is 27.3. The molecule has 3 aromatic rings. The third kappa shape index (κ3) is 10.0. The fourth-order valence-electron chi connectivity index (χ4n) is 4.44. The SMILES string of the molecule is CC.CCC/C=C/c1cnc(N)c2c(-c3ccc(NC(=O)OC(C)(C)C)c(OC)c3)nn(CCC(C)NC(=O)CCC)c12. The molecule has 0 saturated heterocycles. The van der Waals surface area contributed by atoms with Crippen molar-refractivity contribution < 1.29 is 19.1 Å². The molecule has 2 aromatic heterocycles. The molecule has 2 amide bonds. The van der Waals surface area contributed by atoms with Gasteiger partial charge in [0.2, 0.25) is 5.91 Å². The van der Waals surface area contributed by atoms with E-state index in [4.69, 9.17) is 20.3 Å². The van der Waals surface area contributed by atoms with E-state index in [2.05, 4.69) is 34.7 Å². The van der Waals surface area contributed by atoms with E-state index in [1.807, 2.05) is 44.5 Å². The Morgan fingerprint density at radius 2 is 1.88 bits per heavy atom. The highest BCUT2D eigenvalue weighted by atomic mass is 16.6. The summed E-state index contributed by atoms with van der Waals surface area (Å²) < 4.78 is 12.9. The number of aromatic nitrogens is 3. The number of pyridine rings is 1. The fourth-order valence-corrected chi connectivity index (χ4v) is 4.44. The van der Waals surface area contributed by atoms with Crippen LogP contribution in [0.5, 0.6) is 5.75 Å². The molecule has 0 aliphatic rings. The minimum atomic E-state index is -0.632. The summed E-state index contributed by atoms with van der Waals surface area (Å²) in [4.78, 5) is 29.0. The van der Waals surface area contributed by atoms with Crippen molar-refractivity contribution in [1.29, 1.82) is 0 Å². The number of carbonyl (C=O) groups is 2. The van der Waals surface area contributed by atoms with Gasteiger partial charge in [-0.05, 0) is 59.1 Å². The number of ether oxygens (including phenoxy) is 2. The number of aryl methyl sites for hydroxylation is 1. The number of nitrogens with two attached hydrogens (primary N) is 1. The molecule has 3 rings (SSSR count). The number of rotatable bonds is 12. The topological polar surface area (TPSA) is 133 Å². The summed E-state index contributed by atoms with van der Waals surface area (Å²) in [6.07, 6.45) is 9.35. The number of anilines is 2.